The molecule has 0 spiro atoms. The van der Waals surface area contributed by atoms with Gasteiger partial charge in [-0.05, 0) is 38.3 Å². The average Bonchev–Trinajstić information content (AvgIpc) is 2.19. The fraction of sp³-hybridized carbons (Fsp3) is 0.889. The Labute approximate surface area is 99.2 Å². The lowest BCUT2D eigenvalue weighted by Crippen LogP contribution is -2.24. The average molecular weight is 240 g/mol. The summed E-state index contributed by atoms with van der Waals surface area (Å²) in [5, 5.41) is 6.74. The minimum Gasteiger partial charge on any atom is -0.460 e. The molecule has 0 aromatic heterocycles. The number of azide groups is 2. The standard InChI is InChI=1S/C9H16N6O2/c1-9(2,3)17-8(16)5-4-7(13-15-11)6-12-14-10/h7H,4-6H2,1-3H3. The van der Waals surface area contributed by atoms with Crippen molar-refractivity contribution in [2.75, 3.05) is 6.54 Å². The number of hydrogen-bond donors (Lipinski definition) is 0. The molecule has 1 unspecified atom stereocenters. The van der Waals surface area contributed by atoms with Gasteiger partial charge in [-0.15, -0.1) is 0 Å². The van der Waals surface area contributed by atoms with Crippen molar-refractivity contribution in [3.8, 4) is 0 Å². The van der Waals surface area contributed by atoms with E-state index >= 15 is 0 Å². The second kappa shape index (κ2) is 7.38. The van der Waals surface area contributed by atoms with Crippen LogP contribution in [0.4, 0.5) is 0 Å². The van der Waals surface area contributed by atoms with Gasteiger partial charge in [0, 0.05) is 28.8 Å². The SMILES string of the molecule is CC(C)(C)OC(=O)CCC(CN=[N+]=[N-])N=[N+]=[N-]. The van der Waals surface area contributed by atoms with E-state index in [0.717, 1.165) is 0 Å². The number of rotatable bonds is 6. The predicted molar refractivity (Wildman–Crippen MR) is 62.0 cm³/mol. The van der Waals surface area contributed by atoms with Crippen LogP contribution in [0, 0.1) is 0 Å². The molecule has 94 valence electrons. The van der Waals surface area contributed by atoms with Crippen LogP contribution in [0.15, 0.2) is 10.2 Å². The lowest BCUT2D eigenvalue weighted by atomic mass is 10.1. The van der Waals surface area contributed by atoms with Gasteiger partial charge >= 0.3 is 5.97 Å². The van der Waals surface area contributed by atoms with Crippen molar-refractivity contribution < 1.29 is 9.53 Å². The molecule has 0 aliphatic rings. The maximum atomic E-state index is 11.4. The molecule has 8 heteroatoms. The van der Waals surface area contributed by atoms with Crippen LogP contribution in [-0.4, -0.2) is 24.2 Å². The highest BCUT2D eigenvalue weighted by Gasteiger charge is 2.17. The van der Waals surface area contributed by atoms with Crippen LogP contribution in [0.25, 0.3) is 20.9 Å². The van der Waals surface area contributed by atoms with Gasteiger partial charge in [0.1, 0.15) is 5.60 Å². The van der Waals surface area contributed by atoms with Gasteiger partial charge in [-0.2, -0.15) is 0 Å². The number of esters is 1. The van der Waals surface area contributed by atoms with Crippen LogP contribution in [0.3, 0.4) is 0 Å². The molecule has 0 aliphatic carbocycles. The quantitative estimate of drug-likeness (QED) is 0.306. The van der Waals surface area contributed by atoms with E-state index in [2.05, 4.69) is 20.1 Å². The number of carbonyl (C=O) groups is 1. The molecule has 0 rings (SSSR count). The number of ether oxygens (including phenoxy) is 1. The van der Waals surface area contributed by atoms with E-state index in [0.29, 0.717) is 6.42 Å². The van der Waals surface area contributed by atoms with E-state index < -0.39 is 11.6 Å². The molecule has 0 saturated carbocycles. The monoisotopic (exact) mass is 240 g/mol. The first kappa shape index (κ1) is 15.1. The summed E-state index contributed by atoms with van der Waals surface area (Å²) >= 11 is 0. The summed E-state index contributed by atoms with van der Waals surface area (Å²) in [6, 6.07) is -0.511. The fourth-order valence-electron chi connectivity index (χ4n) is 1.07. The highest BCUT2D eigenvalue weighted by molar-refractivity contribution is 5.69. The van der Waals surface area contributed by atoms with Crippen molar-refractivity contribution in [1.82, 2.24) is 0 Å². The third kappa shape index (κ3) is 9.04. The van der Waals surface area contributed by atoms with E-state index in [-0.39, 0.29) is 18.9 Å². The number of hydrogen-bond acceptors (Lipinski definition) is 4. The van der Waals surface area contributed by atoms with Crippen LogP contribution in [0.2, 0.25) is 0 Å². The normalized spacial score (nSPS) is 11.9. The summed E-state index contributed by atoms with van der Waals surface area (Å²) in [4.78, 5) is 16.6. The summed E-state index contributed by atoms with van der Waals surface area (Å²) < 4.78 is 5.09. The van der Waals surface area contributed by atoms with Crippen LogP contribution < -0.4 is 0 Å². The number of nitrogens with zero attached hydrogens (tertiary/aromatic N) is 6. The molecule has 8 nitrogen and oxygen atoms in total. The van der Waals surface area contributed by atoms with Gasteiger partial charge in [0.05, 0.1) is 0 Å². The molecule has 0 aromatic rings. The molecule has 0 heterocycles. The van der Waals surface area contributed by atoms with Crippen molar-refractivity contribution in [1.29, 1.82) is 0 Å². The molecule has 0 aliphatic heterocycles. The number of carbonyl (C=O) groups excluding carboxylic acids is 1. The van der Waals surface area contributed by atoms with E-state index in [1.165, 1.54) is 0 Å². The van der Waals surface area contributed by atoms with Crippen molar-refractivity contribution in [2.45, 2.75) is 45.3 Å². The zero-order chi connectivity index (χ0) is 13.3. The van der Waals surface area contributed by atoms with Crippen LogP contribution in [0.5, 0.6) is 0 Å². The van der Waals surface area contributed by atoms with Crippen LogP contribution in [-0.2, 0) is 9.53 Å². The van der Waals surface area contributed by atoms with Crippen molar-refractivity contribution in [3.05, 3.63) is 20.9 Å². The van der Waals surface area contributed by atoms with E-state index in [4.69, 9.17) is 15.8 Å². The first-order chi connectivity index (χ1) is 7.89. The Morgan fingerprint density at radius 1 is 1.35 bits per heavy atom. The first-order valence-corrected chi connectivity index (χ1v) is 5.16. The summed E-state index contributed by atoms with van der Waals surface area (Å²) in [7, 11) is 0. The molecule has 0 fully saturated rings. The largest absolute Gasteiger partial charge is 0.460 e. The zero-order valence-electron chi connectivity index (χ0n) is 10.2. The molecule has 17 heavy (non-hydrogen) atoms. The molecule has 0 bridgehead atoms. The fourth-order valence-corrected chi connectivity index (χ4v) is 1.07. The van der Waals surface area contributed by atoms with Gasteiger partial charge in [0.2, 0.25) is 0 Å². The minimum atomic E-state index is -0.532. The third-order valence-corrected chi connectivity index (χ3v) is 1.67. The van der Waals surface area contributed by atoms with Gasteiger partial charge in [-0.25, -0.2) is 0 Å². The highest BCUT2D eigenvalue weighted by atomic mass is 16.6. The Bertz CT molecular complexity index is 349. The van der Waals surface area contributed by atoms with E-state index in [1.54, 1.807) is 20.8 Å². The molecule has 1 atom stereocenters. The van der Waals surface area contributed by atoms with Gasteiger partial charge in [0.15, 0.2) is 0 Å². The summed E-state index contributed by atoms with van der Waals surface area (Å²) in [5.74, 6) is -0.364. The lowest BCUT2D eigenvalue weighted by Gasteiger charge is -2.19. The Morgan fingerprint density at radius 2 is 2.00 bits per heavy atom. The van der Waals surface area contributed by atoms with Crippen molar-refractivity contribution in [3.63, 3.8) is 0 Å². The Hall–Kier alpha value is -1.91. The molecule has 0 N–H and O–H groups in total. The zero-order valence-corrected chi connectivity index (χ0v) is 10.2. The second-order valence-corrected chi connectivity index (χ2v) is 4.40. The Morgan fingerprint density at radius 3 is 2.47 bits per heavy atom. The second-order valence-electron chi connectivity index (χ2n) is 4.40. The van der Waals surface area contributed by atoms with Crippen molar-refractivity contribution >= 4 is 5.97 Å². The molecule has 0 saturated heterocycles. The smallest absolute Gasteiger partial charge is 0.306 e. The maximum absolute atomic E-state index is 11.4. The maximum Gasteiger partial charge on any atom is 0.306 e. The van der Waals surface area contributed by atoms with Crippen molar-refractivity contribution in [2.24, 2.45) is 10.2 Å². The Balaban J connectivity index is 4.16. The Kier molecular flexibility index (Phi) is 6.55. The van der Waals surface area contributed by atoms with Crippen LogP contribution >= 0.6 is 0 Å². The summed E-state index contributed by atoms with van der Waals surface area (Å²) in [5.41, 5.74) is 15.9. The van der Waals surface area contributed by atoms with E-state index in [9.17, 15) is 4.79 Å². The third-order valence-electron chi connectivity index (χ3n) is 1.67. The van der Waals surface area contributed by atoms with E-state index in [1.807, 2.05) is 0 Å². The van der Waals surface area contributed by atoms with Gasteiger partial charge in [-0.1, -0.05) is 10.2 Å². The molecule has 0 amide bonds. The predicted octanol–water partition coefficient (Wildman–Crippen LogP) is 3.10. The summed E-state index contributed by atoms with van der Waals surface area (Å²) in [6.07, 6.45) is 0.430. The van der Waals surface area contributed by atoms with Gasteiger partial charge in [0.25, 0.3) is 0 Å². The molecule has 0 radical (unpaired) electrons. The lowest BCUT2D eigenvalue weighted by molar-refractivity contribution is -0.155. The van der Waals surface area contributed by atoms with Gasteiger partial charge < -0.3 is 4.74 Å². The highest BCUT2D eigenvalue weighted by Crippen LogP contribution is 2.11. The van der Waals surface area contributed by atoms with Crippen LogP contribution in [0.1, 0.15) is 33.6 Å². The summed E-state index contributed by atoms with van der Waals surface area (Å²) in [6.45, 7) is 5.37. The minimum absolute atomic E-state index is 0.0450. The topological polar surface area (TPSA) is 124 Å². The molecular weight excluding hydrogens is 224 g/mol. The van der Waals surface area contributed by atoms with Gasteiger partial charge in [-0.3, -0.25) is 4.79 Å². The first-order valence-electron chi connectivity index (χ1n) is 5.16. The molecule has 0 aromatic carbocycles. The molecular formula is C9H16N6O2.